The zero-order valence-electron chi connectivity index (χ0n) is 1.99. The summed E-state index contributed by atoms with van der Waals surface area (Å²) < 4.78 is 9.08. The van der Waals surface area contributed by atoms with Gasteiger partial charge in [0.1, 0.15) is 0 Å². The van der Waals surface area contributed by atoms with Crippen LogP contribution in [-0.2, 0) is 4.46 Å². The number of hydrogen-bond acceptors (Lipinski definition) is 1. The monoisotopic (exact) mass is 102 g/mol. The zero-order valence-corrected chi connectivity index (χ0v) is 5.14. The van der Waals surface area contributed by atoms with E-state index in [1.807, 2.05) is 0 Å². The van der Waals surface area contributed by atoms with Crippen molar-refractivity contribution in [3.05, 3.63) is 0 Å². The van der Waals surface area contributed by atoms with E-state index in [2.05, 4.69) is 0 Å². The molecule has 4 heavy (non-hydrogen) atoms. The molecule has 0 saturated carbocycles. The summed E-state index contributed by atoms with van der Waals surface area (Å²) in [5, 5.41) is 0. The molecule has 0 heterocycles. The third-order valence-electron chi connectivity index (χ3n) is 0. The normalized spacial score (nSPS) is 4.00. The molecule has 0 aliphatic heterocycles. The fourth-order valence-corrected chi connectivity index (χ4v) is 0. The second-order valence-electron chi connectivity index (χ2n) is 0.236. The molecular weight excluding hydrogens is 96.5 g/mol. The molecule has 0 unspecified atom stereocenters. The van der Waals surface area contributed by atoms with Crippen LogP contribution in [-0.4, -0.2) is 41.7 Å². The molecule has 22 valence electrons. The SMILES string of the molecule is O=[SiH][SiH3].[MgH2]. The smallest absolute Gasteiger partial charge is 0.316 e. The Bertz CT molecular complexity index is 13.5. The Balaban J connectivity index is 0. The molecule has 0 aromatic rings. The molecule has 0 bridgehead atoms. The average Bonchev–Trinajstić information content (AvgIpc) is 0.918. The molecule has 0 amide bonds. The lowest BCUT2D eigenvalue weighted by Crippen LogP contribution is -1.57. The third kappa shape index (κ3) is 12.0. The van der Waals surface area contributed by atoms with E-state index < -0.39 is 0 Å². The Morgan fingerprint density at radius 1 is 1.75 bits per heavy atom. The Kier molecular flexibility index (Phi) is 20.0. The summed E-state index contributed by atoms with van der Waals surface area (Å²) >= 11 is 0. The summed E-state index contributed by atoms with van der Waals surface area (Å²) in [6.07, 6.45) is 0. The van der Waals surface area contributed by atoms with E-state index in [1.54, 1.807) is 0 Å². The third-order valence-corrected chi connectivity index (χ3v) is 0. The highest BCUT2D eigenvalue weighted by Crippen LogP contribution is 0.896. The molecule has 0 saturated heterocycles. The second-order valence-corrected chi connectivity index (χ2v) is 2.12. The molecule has 1 nitrogen and oxygen atoms in total. The van der Waals surface area contributed by atoms with Gasteiger partial charge in [-0.3, -0.25) is 0 Å². The van der Waals surface area contributed by atoms with Crippen LogP contribution in [0.4, 0.5) is 0 Å². The van der Waals surface area contributed by atoms with Crippen molar-refractivity contribution < 1.29 is 4.46 Å². The molecule has 0 rings (SSSR count). The van der Waals surface area contributed by atoms with Crippen LogP contribution in [0.5, 0.6) is 0 Å². The van der Waals surface area contributed by atoms with Crippen molar-refractivity contribution in [3.8, 4) is 0 Å². The minimum Gasteiger partial charge on any atom is -0.397 e. The van der Waals surface area contributed by atoms with Crippen LogP contribution in [0.15, 0.2) is 0 Å². The van der Waals surface area contributed by atoms with Gasteiger partial charge in [0.2, 0.25) is 8.92 Å². The minimum absolute atomic E-state index is 0. The lowest BCUT2D eigenvalue weighted by atomic mass is 16.0. The Hall–Kier alpha value is 1.00. The van der Waals surface area contributed by atoms with E-state index in [1.165, 1.54) is 0 Å². The predicted molar refractivity (Wildman–Crippen MR) is 26.3 cm³/mol. The van der Waals surface area contributed by atoms with Crippen LogP contribution < -0.4 is 0 Å². The van der Waals surface area contributed by atoms with Gasteiger partial charge in [-0.05, 0) is 0 Å². The van der Waals surface area contributed by atoms with Crippen molar-refractivity contribution in [2.75, 3.05) is 0 Å². The molecule has 0 N–H and O–H groups in total. The fourth-order valence-electron chi connectivity index (χ4n) is 0. The predicted octanol–water partition coefficient (Wildman–Crippen LogP) is -2.87. The van der Waals surface area contributed by atoms with Gasteiger partial charge in [0, 0.05) is 0 Å². The van der Waals surface area contributed by atoms with E-state index >= 15 is 0 Å². The summed E-state index contributed by atoms with van der Waals surface area (Å²) in [6.45, 7) is 0. The van der Waals surface area contributed by atoms with Gasteiger partial charge < -0.3 is 4.46 Å². The van der Waals surface area contributed by atoms with Crippen LogP contribution in [0.25, 0.3) is 0 Å². The standard InChI is InChI=1S/Mg.H4OSi2.2H/c;1-3-2;;/h;3H,2H3;;. The first-order valence-corrected chi connectivity index (χ1v) is 5.90. The van der Waals surface area contributed by atoms with Gasteiger partial charge in [-0.25, -0.2) is 0 Å². The largest absolute Gasteiger partial charge is 0.397 e. The molecule has 0 radical (unpaired) electrons. The lowest BCUT2D eigenvalue weighted by molar-refractivity contribution is 0.586. The maximum absolute atomic E-state index is 9.08. The van der Waals surface area contributed by atoms with Crippen LogP contribution in [0, 0.1) is 0 Å². The van der Waals surface area contributed by atoms with Crippen molar-refractivity contribution in [3.63, 3.8) is 0 Å². The molecular formula is H6MgOSi2. The summed E-state index contributed by atoms with van der Waals surface area (Å²) in [5.74, 6) is 0. The Labute approximate surface area is 46.4 Å². The first-order valence-electron chi connectivity index (χ1n) is 0.813. The molecule has 0 aliphatic carbocycles. The molecule has 0 spiro atoms. The summed E-state index contributed by atoms with van der Waals surface area (Å²) in [4.78, 5) is 0. The van der Waals surface area contributed by atoms with Gasteiger partial charge in [-0.2, -0.15) is 0 Å². The Morgan fingerprint density at radius 3 is 1.75 bits per heavy atom. The van der Waals surface area contributed by atoms with Gasteiger partial charge in [-0.1, -0.05) is 0 Å². The maximum atomic E-state index is 9.08. The van der Waals surface area contributed by atoms with E-state index in [0.29, 0.717) is 0 Å². The van der Waals surface area contributed by atoms with Crippen molar-refractivity contribution >= 4 is 41.7 Å². The van der Waals surface area contributed by atoms with E-state index in [-0.39, 0.29) is 32.0 Å². The average molecular weight is 103 g/mol. The van der Waals surface area contributed by atoms with Gasteiger partial charge in [0.25, 0.3) is 0 Å². The van der Waals surface area contributed by atoms with Crippen LogP contribution in [0.1, 0.15) is 0 Å². The van der Waals surface area contributed by atoms with Crippen molar-refractivity contribution in [1.82, 2.24) is 0 Å². The summed E-state index contributed by atoms with van der Waals surface area (Å²) in [5.41, 5.74) is 0. The zero-order chi connectivity index (χ0) is 2.71. The van der Waals surface area contributed by atoms with Crippen LogP contribution in [0.3, 0.4) is 0 Å². The molecule has 0 aliphatic rings. The number of rotatable bonds is 0. The summed E-state index contributed by atoms with van der Waals surface area (Å²) in [6, 6.07) is 0. The second kappa shape index (κ2) is 9.00. The van der Waals surface area contributed by atoms with Crippen molar-refractivity contribution in [2.24, 2.45) is 0 Å². The maximum Gasteiger partial charge on any atom is 0.316 e. The van der Waals surface area contributed by atoms with Crippen LogP contribution in [0.2, 0.25) is 0 Å². The van der Waals surface area contributed by atoms with E-state index in [4.69, 9.17) is 4.46 Å². The molecule has 0 fully saturated rings. The van der Waals surface area contributed by atoms with E-state index in [0.717, 1.165) is 9.76 Å². The highest BCUT2D eigenvalue weighted by Gasteiger charge is 1.32. The highest BCUT2D eigenvalue weighted by molar-refractivity contribution is 6.80. The Morgan fingerprint density at radius 2 is 1.75 bits per heavy atom. The van der Waals surface area contributed by atoms with Gasteiger partial charge >= 0.3 is 23.1 Å². The highest BCUT2D eigenvalue weighted by atomic mass is 29.1. The van der Waals surface area contributed by atoms with Gasteiger partial charge in [0.05, 0.1) is 9.76 Å². The molecule has 0 aromatic carbocycles. The van der Waals surface area contributed by atoms with Crippen molar-refractivity contribution in [1.29, 1.82) is 0 Å². The molecule has 0 aromatic heterocycles. The molecule has 0 atom stereocenters. The first kappa shape index (κ1) is 8.89. The summed E-state index contributed by atoms with van der Waals surface area (Å²) in [7, 11) is 0.535. The topological polar surface area (TPSA) is 17.1 Å². The number of hydrogen-bond donors (Lipinski definition) is 0. The first-order chi connectivity index (χ1) is 1.41. The van der Waals surface area contributed by atoms with Crippen molar-refractivity contribution in [2.45, 2.75) is 0 Å². The quantitative estimate of drug-likeness (QED) is 0.301. The molecule has 4 heteroatoms. The fraction of sp³-hybridized carbons (Fsp3) is 0. The van der Waals surface area contributed by atoms with E-state index in [9.17, 15) is 0 Å². The van der Waals surface area contributed by atoms with Gasteiger partial charge in [0.15, 0.2) is 0 Å². The lowest BCUT2D eigenvalue weighted by Gasteiger charge is -1.19. The van der Waals surface area contributed by atoms with Crippen LogP contribution >= 0.6 is 0 Å². The van der Waals surface area contributed by atoms with Gasteiger partial charge in [-0.15, -0.1) is 0 Å². The minimum atomic E-state index is -0.361.